The summed E-state index contributed by atoms with van der Waals surface area (Å²) in [6, 6.07) is 0. The van der Waals surface area contributed by atoms with Crippen LogP contribution >= 0.6 is 0 Å². The van der Waals surface area contributed by atoms with Gasteiger partial charge in [0.1, 0.15) is 5.57 Å². The standard InChI is InChI=1S/C6H7NO3/c1-3(2)4-5(8)7-10-6(4)9/h1-2H3,(H,7,8). The van der Waals surface area contributed by atoms with Crippen LogP contribution in [0.5, 0.6) is 0 Å². The Balaban J connectivity index is 3.05. The Morgan fingerprint density at radius 1 is 1.40 bits per heavy atom. The van der Waals surface area contributed by atoms with Crippen molar-refractivity contribution in [2.75, 3.05) is 0 Å². The minimum absolute atomic E-state index is 0.111. The largest absolute Gasteiger partial charge is 0.368 e. The molecule has 0 aliphatic carbocycles. The highest BCUT2D eigenvalue weighted by molar-refractivity contribution is 6.19. The molecule has 0 aromatic heterocycles. The molecule has 1 aliphatic rings. The number of carbonyl (C=O) groups excluding carboxylic acids is 2. The molecule has 0 radical (unpaired) electrons. The fraction of sp³-hybridized carbons (Fsp3) is 0.333. The molecule has 0 atom stereocenters. The second-order valence-corrected chi connectivity index (χ2v) is 2.20. The van der Waals surface area contributed by atoms with Crippen molar-refractivity contribution in [2.45, 2.75) is 13.8 Å². The predicted molar refractivity (Wildman–Crippen MR) is 32.6 cm³/mol. The van der Waals surface area contributed by atoms with E-state index in [1.165, 1.54) is 0 Å². The third-order valence-electron chi connectivity index (χ3n) is 1.17. The number of hydroxylamine groups is 1. The molecular weight excluding hydrogens is 134 g/mol. The van der Waals surface area contributed by atoms with Gasteiger partial charge in [-0.1, -0.05) is 5.57 Å². The van der Waals surface area contributed by atoms with E-state index < -0.39 is 11.9 Å². The lowest BCUT2D eigenvalue weighted by molar-refractivity contribution is -0.143. The third kappa shape index (κ3) is 0.877. The second kappa shape index (κ2) is 2.13. The fourth-order valence-corrected chi connectivity index (χ4v) is 0.719. The number of hydrogen-bond acceptors (Lipinski definition) is 3. The molecule has 0 saturated carbocycles. The van der Waals surface area contributed by atoms with E-state index >= 15 is 0 Å². The van der Waals surface area contributed by atoms with Crippen molar-refractivity contribution in [2.24, 2.45) is 0 Å². The van der Waals surface area contributed by atoms with E-state index in [1.807, 2.05) is 5.48 Å². The number of hydrogen-bond donors (Lipinski definition) is 1. The Morgan fingerprint density at radius 2 is 2.00 bits per heavy atom. The molecule has 10 heavy (non-hydrogen) atoms. The summed E-state index contributed by atoms with van der Waals surface area (Å²) in [4.78, 5) is 25.6. The lowest BCUT2D eigenvalue weighted by Crippen LogP contribution is -2.13. The maximum atomic E-state index is 10.7. The van der Waals surface area contributed by atoms with Gasteiger partial charge in [0.25, 0.3) is 5.91 Å². The molecule has 4 nitrogen and oxygen atoms in total. The highest BCUT2D eigenvalue weighted by atomic mass is 16.7. The molecule has 1 rings (SSSR count). The van der Waals surface area contributed by atoms with Crippen molar-refractivity contribution in [3.63, 3.8) is 0 Å². The van der Waals surface area contributed by atoms with E-state index in [2.05, 4.69) is 4.84 Å². The molecule has 0 aromatic rings. The van der Waals surface area contributed by atoms with Gasteiger partial charge in [-0.25, -0.2) is 4.79 Å². The topological polar surface area (TPSA) is 55.4 Å². The van der Waals surface area contributed by atoms with Crippen LogP contribution in [0.2, 0.25) is 0 Å². The minimum Gasteiger partial charge on any atom is -0.335 e. The molecule has 1 aliphatic heterocycles. The average Bonchev–Trinajstić information content (AvgIpc) is 2.11. The minimum atomic E-state index is -0.593. The van der Waals surface area contributed by atoms with Gasteiger partial charge in [-0.15, -0.1) is 0 Å². The number of amides is 1. The van der Waals surface area contributed by atoms with Crippen LogP contribution in [0.15, 0.2) is 11.1 Å². The van der Waals surface area contributed by atoms with E-state index in [0.717, 1.165) is 0 Å². The van der Waals surface area contributed by atoms with Crippen molar-refractivity contribution in [3.8, 4) is 0 Å². The Bertz CT molecular complexity index is 207. The van der Waals surface area contributed by atoms with Crippen LogP contribution in [0, 0.1) is 0 Å². The first-order chi connectivity index (χ1) is 4.63. The molecule has 0 spiro atoms. The lowest BCUT2D eigenvalue weighted by atomic mass is 10.1. The Labute approximate surface area is 57.8 Å². The van der Waals surface area contributed by atoms with Gasteiger partial charge in [0, 0.05) is 0 Å². The van der Waals surface area contributed by atoms with Crippen molar-refractivity contribution in [3.05, 3.63) is 11.1 Å². The van der Waals surface area contributed by atoms with Crippen molar-refractivity contribution in [1.82, 2.24) is 5.48 Å². The van der Waals surface area contributed by atoms with Crippen LogP contribution < -0.4 is 5.48 Å². The molecule has 1 heterocycles. The summed E-state index contributed by atoms with van der Waals surface area (Å²) in [6.07, 6.45) is 0. The van der Waals surface area contributed by atoms with Gasteiger partial charge in [0.15, 0.2) is 0 Å². The number of nitrogens with one attached hydrogen (secondary N) is 1. The van der Waals surface area contributed by atoms with Crippen LogP contribution in [0.25, 0.3) is 0 Å². The zero-order valence-corrected chi connectivity index (χ0v) is 5.72. The molecule has 1 N–H and O–H groups in total. The fourth-order valence-electron chi connectivity index (χ4n) is 0.719. The first kappa shape index (κ1) is 6.80. The van der Waals surface area contributed by atoms with Crippen molar-refractivity contribution in [1.29, 1.82) is 0 Å². The maximum absolute atomic E-state index is 10.7. The molecule has 1 saturated heterocycles. The summed E-state index contributed by atoms with van der Waals surface area (Å²) in [7, 11) is 0. The quantitative estimate of drug-likeness (QED) is 0.379. The van der Waals surface area contributed by atoms with Crippen LogP contribution in [0.4, 0.5) is 0 Å². The Kier molecular flexibility index (Phi) is 1.45. The number of carbonyl (C=O) groups is 2. The molecule has 1 fully saturated rings. The monoisotopic (exact) mass is 141 g/mol. The van der Waals surface area contributed by atoms with Gasteiger partial charge in [-0.3, -0.25) is 4.79 Å². The van der Waals surface area contributed by atoms with E-state index in [1.54, 1.807) is 13.8 Å². The predicted octanol–water partition coefficient (Wildman–Crippen LogP) is -0.0892. The van der Waals surface area contributed by atoms with Gasteiger partial charge >= 0.3 is 5.97 Å². The van der Waals surface area contributed by atoms with E-state index in [-0.39, 0.29) is 5.57 Å². The summed E-state index contributed by atoms with van der Waals surface area (Å²) in [6.45, 7) is 3.36. The van der Waals surface area contributed by atoms with E-state index in [0.29, 0.717) is 5.57 Å². The normalized spacial score (nSPS) is 16.8. The molecule has 0 aromatic carbocycles. The first-order valence-electron chi connectivity index (χ1n) is 2.82. The molecule has 0 bridgehead atoms. The molecule has 1 amide bonds. The molecule has 54 valence electrons. The van der Waals surface area contributed by atoms with Crippen molar-refractivity contribution < 1.29 is 14.4 Å². The molecule has 0 unspecified atom stereocenters. The smallest absolute Gasteiger partial charge is 0.335 e. The Hall–Kier alpha value is -1.32. The van der Waals surface area contributed by atoms with Gasteiger partial charge in [-0.2, -0.15) is 5.48 Å². The summed E-state index contributed by atoms with van der Waals surface area (Å²) in [5.74, 6) is -1.05. The summed E-state index contributed by atoms with van der Waals surface area (Å²) in [5, 5.41) is 0. The molecular formula is C6H7NO3. The molecule has 4 heteroatoms. The van der Waals surface area contributed by atoms with Gasteiger partial charge < -0.3 is 4.84 Å². The average molecular weight is 141 g/mol. The van der Waals surface area contributed by atoms with Crippen LogP contribution in [-0.2, 0) is 14.4 Å². The summed E-state index contributed by atoms with van der Waals surface area (Å²) < 4.78 is 0. The van der Waals surface area contributed by atoms with Gasteiger partial charge in [-0.05, 0) is 13.8 Å². The van der Waals surface area contributed by atoms with E-state index in [4.69, 9.17) is 0 Å². The zero-order chi connectivity index (χ0) is 7.72. The summed E-state index contributed by atoms with van der Waals surface area (Å²) in [5.41, 5.74) is 2.73. The highest BCUT2D eigenvalue weighted by Crippen LogP contribution is 2.09. The van der Waals surface area contributed by atoms with Crippen LogP contribution in [-0.4, -0.2) is 11.9 Å². The summed E-state index contributed by atoms with van der Waals surface area (Å²) >= 11 is 0. The SMILES string of the molecule is CC(C)=C1C(=O)NOC1=O. The number of allylic oxidation sites excluding steroid dienone is 1. The lowest BCUT2D eigenvalue weighted by Gasteiger charge is -1.88. The van der Waals surface area contributed by atoms with Crippen molar-refractivity contribution >= 4 is 11.9 Å². The van der Waals surface area contributed by atoms with Crippen LogP contribution in [0.1, 0.15) is 13.8 Å². The van der Waals surface area contributed by atoms with E-state index in [9.17, 15) is 9.59 Å². The zero-order valence-electron chi connectivity index (χ0n) is 5.72. The third-order valence-corrected chi connectivity index (χ3v) is 1.17. The van der Waals surface area contributed by atoms with Gasteiger partial charge in [0.05, 0.1) is 0 Å². The first-order valence-corrected chi connectivity index (χ1v) is 2.82. The van der Waals surface area contributed by atoms with Gasteiger partial charge in [0.2, 0.25) is 0 Å². The van der Waals surface area contributed by atoms with Crippen LogP contribution in [0.3, 0.4) is 0 Å². The second-order valence-electron chi connectivity index (χ2n) is 2.20. The Morgan fingerprint density at radius 3 is 2.20 bits per heavy atom. The number of rotatable bonds is 0. The highest BCUT2D eigenvalue weighted by Gasteiger charge is 2.29. The maximum Gasteiger partial charge on any atom is 0.368 e.